The van der Waals surface area contributed by atoms with Crippen molar-refractivity contribution in [3.8, 4) is 0 Å². The molecular weight excluding hydrogens is 321 g/mol. The molecule has 0 saturated carbocycles. The first-order chi connectivity index (χ1) is 9.82. The van der Waals surface area contributed by atoms with Crippen molar-refractivity contribution in [2.45, 2.75) is 5.16 Å². The minimum absolute atomic E-state index is 0.0230. The molecule has 0 spiro atoms. The second kappa shape index (κ2) is 5.74. The van der Waals surface area contributed by atoms with Crippen molar-refractivity contribution < 1.29 is 17.6 Å². The molecule has 0 amide bonds. The monoisotopic (exact) mass is 329 g/mol. The Kier molecular flexibility index (Phi) is 4.19. The maximum Gasteiger partial charge on any atom is 0.250 e. The average Bonchev–Trinajstić information content (AvgIpc) is 2.40. The van der Waals surface area contributed by atoms with E-state index in [9.17, 15) is 17.6 Å². The van der Waals surface area contributed by atoms with Crippen molar-refractivity contribution >= 4 is 39.2 Å². The number of halogens is 2. The van der Waals surface area contributed by atoms with Crippen LogP contribution in [0.2, 0.25) is 5.15 Å². The van der Waals surface area contributed by atoms with Gasteiger partial charge in [0.05, 0.1) is 11.3 Å². The number of aromatic nitrogens is 2. The highest BCUT2D eigenvalue weighted by Gasteiger charge is 2.19. The highest BCUT2D eigenvalue weighted by Crippen LogP contribution is 2.25. The number of hydrogen-bond acceptors (Lipinski definition) is 6. The number of sulfone groups is 1. The maximum absolute atomic E-state index is 13.6. The number of aldehydes is 1. The van der Waals surface area contributed by atoms with Crippen molar-refractivity contribution in [3.63, 3.8) is 0 Å². The summed E-state index contributed by atoms with van der Waals surface area (Å²) in [6, 6.07) is 5.64. The lowest BCUT2D eigenvalue weighted by Crippen LogP contribution is -2.10. The van der Waals surface area contributed by atoms with Crippen LogP contribution in [-0.4, -0.2) is 30.9 Å². The SMILES string of the molecule is CS(=O)(=O)c1nc(Cl)c(C=O)c(Nc2ccccc2F)n1. The maximum atomic E-state index is 13.6. The molecule has 2 rings (SSSR count). The van der Waals surface area contributed by atoms with Gasteiger partial charge < -0.3 is 5.32 Å². The first-order valence-electron chi connectivity index (χ1n) is 5.57. The van der Waals surface area contributed by atoms with E-state index in [2.05, 4.69) is 15.3 Å². The molecule has 1 N–H and O–H groups in total. The van der Waals surface area contributed by atoms with Gasteiger partial charge in [0.2, 0.25) is 15.0 Å². The zero-order valence-corrected chi connectivity index (χ0v) is 12.2. The average molecular weight is 330 g/mol. The number of hydrogen-bond donors (Lipinski definition) is 1. The number of nitrogens with one attached hydrogen (secondary N) is 1. The van der Waals surface area contributed by atoms with E-state index in [1.807, 2.05) is 0 Å². The topological polar surface area (TPSA) is 89.0 Å². The summed E-state index contributed by atoms with van der Waals surface area (Å²) >= 11 is 5.77. The molecule has 21 heavy (non-hydrogen) atoms. The van der Waals surface area contributed by atoms with E-state index in [1.54, 1.807) is 6.07 Å². The molecule has 0 atom stereocenters. The fourth-order valence-corrected chi connectivity index (χ4v) is 2.26. The highest BCUT2D eigenvalue weighted by molar-refractivity contribution is 7.90. The molecule has 0 radical (unpaired) electrons. The minimum atomic E-state index is -3.73. The normalized spacial score (nSPS) is 11.2. The number of anilines is 2. The molecule has 0 saturated heterocycles. The van der Waals surface area contributed by atoms with Gasteiger partial charge in [-0.3, -0.25) is 4.79 Å². The smallest absolute Gasteiger partial charge is 0.250 e. The molecule has 0 unspecified atom stereocenters. The van der Waals surface area contributed by atoms with Gasteiger partial charge in [-0.1, -0.05) is 23.7 Å². The van der Waals surface area contributed by atoms with Crippen LogP contribution in [0.1, 0.15) is 10.4 Å². The van der Waals surface area contributed by atoms with Crippen LogP contribution < -0.4 is 5.32 Å². The number of rotatable bonds is 4. The lowest BCUT2D eigenvalue weighted by molar-refractivity contribution is 0.112. The molecule has 1 aromatic heterocycles. The number of benzene rings is 1. The summed E-state index contributed by atoms with van der Waals surface area (Å²) < 4.78 is 36.6. The van der Waals surface area contributed by atoms with Gasteiger partial charge in [-0.15, -0.1) is 0 Å². The van der Waals surface area contributed by atoms with E-state index in [0.29, 0.717) is 6.29 Å². The summed E-state index contributed by atoms with van der Waals surface area (Å²) in [6.45, 7) is 0. The van der Waals surface area contributed by atoms with E-state index >= 15 is 0 Å². The first kappa shape index (κ1) is 15.3. The molecule has 1 aromatic carbocycles. The Hall–Kier alpha value is -2.06. The first-order valence-corrected chi connectivity index (χ1v) is 7.84. The Morgan fingerprint density at radius 1 is 1.29 bits per heavy atom. The third-order valence-corrected chi connectivity index (χ3v) is 3.59. The molecule has 0 fully saturated rings. The van der Waals surface area contributed by atoms with E-state index < -0.39 is 20.8 Å². The molecule has 6 nitrogen and oxygen atoms in total. The second-order valence-electron chi connectivity index (χ2n) is 4.05. The molecule has 1 heterocycles. The lowest BCUT2D eigenvalue weighted by atomic mass is 10.3. The van der Waals surface area contributed by atoms with Gasteiger partial charge in [-0.2, -0.15) is 4.98 Å². The standard InChI is InChI=1S/C12H9ClFN3O3S/c1-21(19,20)12-16-10(13)7(6-18)11(17-12)15-9-5-3-2-4-8(9)14/h2-6H,1H3,(H,15,16,17). The fourth-order valence-electron chi connectivity index (χ4n) is 1.48. The predicted octanol–water partition coefficient (Wildman–Crippen LogP) is 2.23. The van der Waals surface area contributed by atoms with Crippen LogP contribution in [0, 0.1) is 5.82 Å². The van der Waals surface area contributed by atoms with Crippen molar-refractivity contribution in [2.75, 3.05) is 11.6 Å². The van der Waals surface area contributed by atoms with Crippen LogP contribution in [0.5, 0.6) is 0 Å². The fraction of sp³-hybridized carbons (Fsp3) is 0.0833. The van der Waals surface area contributed by atoms with E-state index in [4.69, 9.17) is 11.6 Å². The highest BCUT2D eigenvalue weighted by atomic mass is 35.5. The van der Waals surface area contributed by atoms with Crippen LogP contribution in [0.3, 0.4) is 0 Å². The van der Waals surface area contributed by atoms with Gasteiger partial charge >= 0.3 is 0 Å². The summed E-state index contributed by atoms with van der Waals surface area (Å²) in [5.74, 6) is -0.777. The number of para-hydroxylation sites is 1. The zero-order chi connectivity index (χ0) is 15.6. The lowest BCUT2D eigenvalue weighted by Gasteiger charge is -2.10. The molecular formula is C12H9ClFN3O3S. The zero-order valence-electron chi connectivity index (χ0n) is 10.7. The van der Waals surface area contributed by atoms with Gasteiger partial charge in [0, 0.05) is 6.26 Å². The summed E-state index contributed by atoms with van der Waals surface area (Å²) in [5.41, 5.74) is -0.137. The van der Waals surface area contributed by atoms with E-state index in [0.717, 1.165) is 6.26 Å². The Labute approximate surface area is 124 Å². The quantitative estimate of drug-likeness (QED) is 0.525. The molecule has 0 aliphatic carbocycles. The summed E-state index contributed by atoms with van der Waals surface area (Å²) in [5, 5.41) is 1.65. The third kappa shape index (κ3) is 3.34. The Balaban J connectivity index is 2.59. The van der Waals surface area contributed by atoms with Gasteiger partial charge in [-0.05, 0) is 12.1 Å². The summed E-state index contributed by atoms with van der Waals surface area (Å²) in [7, 11) is -3.73. The Morgan fingerprint density at radius 3 is 2.52 bits per heavy atom. The largest absolute Gasteiger partial charge is 0.337 e. The van der Waals surface area contributed by atoms with Gasteiger partial charge in [-0.25, -0.2) is 17.8 Å². The van der Waals surface area contributed by atoms with Gasteiger partial charge in [0.1, 0.15) is 16.8 Å². The van der Waals surface area contributed by atoms with Gasteiger partial charge in [0.25, 0.3) is 0 Å². The van der Waals surface area contributed by atoms with Crippen molar-refractivity contribution in [1.82, 2.24) is 9.97 Å². The van der Waals surface area contributed by atoms with E-state index in [1.165, 1.54) is 18.2 Å². The van der Waals surface area contributed by atoms with Gasteiger partial charge in [0.15, 0.2) is 6.29 Å². The van der Waals surface area contributed by atoms with Crippen LogP contribution in [-0.2, 0) is 9.84 Å². The minimum Gasteiger partial charge on any atom is -0.337 e. The molecule has 0 aliphatic rings. The van der Waals surface area contributed by atoms with E-state index in [-0.39, 0.29) is 22.2 Å². The Morgan fingerprint density at radius 2 is 1.95 bits per heavy atom. The van der Waals surface area contributed by atoms with Crippen LogP contribution in [0.4, 0.5) is 15.9 Å². The molecule has 9 heteroatoms. The molecule has 0 aliphatic heterocycles. The van der Waals surface area contributed by atoms with Crippen molar-refractivity contribution in [3.05, 3.63) is 40.8 Å². The number of nitrogens with zero attached hydrogens (tertiary/aromatic N) is 2. The van der Waals surface area contributed by atoms with Crippen molar-refractivity contribution in [2.24, 2.45) is 0 Å². The molecule has 110 valence electrons. The van der Waals surface area contributed by atoms with Crippen molar-refractivity contribution in [1.29, 1.82) is 0 Å². The summed E-state index contributed by atoms with van der Waals surface area (Å²) in [6.07, 6.45) is 1.25. The molecule has 0 bridgehead atoms. The van der Waals surface area contributed by atoms with Crippen LogP contribution in [0.25, 0.3) is 0 Å². The summed E-state index contributed by atoms with van der Waals surface area (Å²) in [4.78, 5) is 18.3. The number of carbonyl (C=O) groups excluding carboxylic acids is 1. The Bertz CT molecular complexity index is 811. The number of carbonyl (C=O) groups is 1. The third-order valence-electron chi connectivity index (χ3n) is 2.46. The predicted molar refractivity (Wildman–Crippen MR) is 75.2 cm³/mol. The molecule has 2 aromatic rings. The van der Waals surface area contributed by atoms with Crippen LogP contribution >= 0.6 is 11.6 Å². The van der Waals surface area contributed by atoms with Crippen LogP contribution in [0.15, 0.2) is 29.4 Å². The second-order valence-corrected chi connectivity index (χ2v) is 6.32.